The lowest BCUT2D eigenvalue weighted by molar-refractivity contribution is 0.563. The fourth-order valence-electron chi connectivity index (χ4n) is 1.27. The van der Waals surface area contributed by atoms with Crippen molar-refractivity contribution in [3.63, 3.8) is 0 Å². The first-order chi connectivity index (χ1) is 7.36. The van der Waals surface area contributed by atoms with E-state index in [1.165, 1.54) is 0 Å². The number of nitrogens with zero attached hydrogens (tertiary/aromatic N) is 1. The molecule has 0 radical (unpaired) electrons. The molecule has 0 amide bonds. The third kappa shape index (κ3) is 3.03. The molecule has 5 nitrogen and oxygen atoms in total. The summed E-state index contributed by atoms with van der Waals surface area (Å²) in [6.07, 6.45) is 2.24. The number of nitrogens with two attached hydrogens (primary N) is 1. The lowest BCUT2D eigenvalue weighted by Gasteiger charge is -2.10. The summed E-state index contributed by atoms with van der Waals surface area (Å²) in [4.78, 5) is 3.89. The van der Waals surface area contributed by atoms with Gasteiger partial charge in [0.1, 0.15) is 0 Å². The third-order valence-corrected chi connectivity index (χ3v) is 5.08. The average Bonchev–Trinajstić information content (AvgIpc) is 2.45. The smallest absolute Gasteiger partial charge is 0.252 e. The van der Waals surface area contributed by atoms with Gasteiger partial charge >= 0.3 is 0 Å². The van der Waals surface area contributed by atoms with Crippen molar-refractivity contribution < 1.29 is 8.42 Å². The Morgan fingerprint density at radius 3 is 2.75 bits per heavy atom. The Morgan fingerprint density at radius 1 is 1.69 bits per heavy atom. The van der Waals surface area contributed by atoms with Gasteiger partial charge in [0.05, 0.1) is 5.69 Å². The summed E-state index contributed by atoms with van der Waals surface area (Å²) in [5.74, 6) is 0. The zero-order chi connectivity index (χ0) is 12.3. The fraction of sp³-hybridized carbons (Fsp3) is 0.444. The molecule has 0 spiro atoms. The second kappa shape index (κ2) is 4.94. The minimum Gasteiger partial charge on any atom is -0.375 e. The first-order valence-electron chi connectivity index (χ1n) is 4.73. The lowest BCUT2D eigenvalue weighted by Crippen LogP contribution is -2.32. The number of sulfonamides is 1. The molecular formula is C9H15N3O2S2. The highest BCUT2D eigenvalue weighted by atomic mass is 32.2. The number of anilines is 1. The van der Waals surface area contributed by atoms with E-state index in [0.717, 1.165) is 11.3 Å². The van der Waals surface area contributed by atoms with Gasteiger partial charge in [-0.1, -0.05) is 17.4 Å². The van der Waals surface area contributed by atoms with Gasteiger partial charge in [-0.25, -0.2) is 18.1 Å². The van der Waals surface area contributed by atoms with Crippen LogP contribution in [0.5, 0.6) is 0 Å². The Hall–Kier alpha value is -0.920. The van der Waals surface area contributed by atoms with Crippen LogP contribution in [0.2, 0.25) is 0 Å². The molecule has 1 aromatic rings. The van der Waals surface area contributed by atoms with Gasteiger partial charge in [0, 0.05) is 6.04 Å². The van der Waals surface area contributed by atoms with E-state index in [1.54, 1.807) is 19.9 Å². The Kier molecular flexibility index (Phi) is 4.06. The van der Waals surface area contributed by atoms with Gasteiger partial charge in [0.25, 0.3) is 10.0 Å². The number of aryl methyl sites for hydroxylation is 1. The van der Waals surface area contributed by atoms with Crippen LogP contribution >= 0.6 is 11.3 Å². The molecule has 0 aliphatic heterocycles. The summed E-state index contributed by atoms with van der Waals surface area (Å²) < 4.78 is 26.6. The number of nitrogens with one attached hydrogen (secondary N) is 1. The van der Waals surface area contributed by atoms with E-state index in [0.29, 0.717) is 12.1 Å². The van der Waals surface area contributed by atoms with Crippen LogP contribution in [-0.4, -0.2) is 19.4 Å². The van der Waals surface area contributed by atoms with Crippen LogP contribution in [0.15, 0.2) is 16.9 Å². The van der Waals surface area contributed by atoms with Gasteiger partial charge in [0.15, 0.2) is 9.34 Å². The number of nitrogen functional groups attached to an aromatic ring is 1. The van der Waals surface area contributed by atoms with Crippen molar-refractivity contribution in [1.29, 1.82) is 0 Å². The standard InChI is InChI=1S/C9H15N3O2S2/c1-4-5-6(2)12-16(13,14)8-7(3)11-9(10)15-8/h4,6,12H,1,5H2,2-3H3,(H2,10,11). The number of hydrogen-bond acceptors (Lipinski definition) is 5. The second-order valence-electron chi connectivity index (χ2n) is 3.47. The van der Waals surface area contributed by atoms with Gasteiger partial charge in [-0.15, -0.1) is 6.58 Å². The molecule has 0 aromatic carbocycles. The van der Waals surface area contributed by atoms with Crippen LogP contribution in [0.4, 0.5) is 5.13 Å². The van der Waals surface area contributed by atoms with Crippen molar-refractivity contribution in [3.8, 4) is 0 Å². The quantitative estimate of drug-likeness (QED) is 0.782. The summed E-state index contributed by atoms with van der Waals surface area (Å²) >= 11 is 0.972. The zero-order valence-electron chi connectivity index (χ0n) is 9.23. The van der Waals surface area contributed by atoms with E-state index < -0.39 is 10.0 Å². The maximum absolute atomic E-state index is 11.9. The van der Waals surface area contributed by atoms with Crippen molar-refractivity contribution in [1.82, 2.24) is 9.71 Å². The van der Waals surface area contributed by atoms with Crippen molar-refractivity contribution in [2.45, 2.75) is 30.5 Å². The molecule has 0 bridgehead atoms. The predicted molar refractivity (Wildman–Crippen MR) is 65.9 cm³/mol. The van der Waals surface area contributed by atoms with Gasteiger partial charge < -0.3 is 5.73 Å². The Morgan fingerprint density at radius 2 is 2.31 bits per heavy atom. The molecule has 0 fully saturated rings. The molecule has 1 unspecified atom stereocenters. The molecule has 0 saturated carbocycles. The fourth-order valence-corrected chi connectivity index (χ4v) is 3.84. The molecule has 90 valence electrons. The monoisotopic (exact) mass is 261 g/mol. The van der Waals surface area contributed by atoms with E-state index in [-0.39, 0.29) is 15.4 Å². The van der Waals surface area contributed by atoms with E-state index in [4.69, 9.17) is 5.73 Å². The highest BCUT2D eigenvalue weighted by Crippen LogP contribution is 2.24. The van der Waals surface area contributed by atoms with Crippen molar-refractivity contribution in [2.75, 3.05) is 5.73 Å². The van der Waals surface area contributed by atoms with E-state index >= 15 is 0 Å². The van der Waals surface area contributed by atoms with Crippen molar-refractivity contribution in [3.05, 3.63) is 18.3 Å². The molecule has 0 aliphatic rings. The average molecular weight is 261 g/mol. The van der Waals surface area contributed by atoms with Gasteiger partial charge in [-0.05, 0) is 20.3 Å². The summed E-state index contributed by atoms with van der Waals surface area (Å²) in [7, 11) is -3.51. The maximum Gasteiger partial charge on any atom is 0.252 e. The number of hydrogen-bond donors (Lipinski definition) is 2. The Balaban J connectivity index is 2.94. The van der Waals surface area contributed by atoms with Gasteiger partial charge in [0.2, 0.25) is 0 Å². The molecule has 16 heavy (non-hydrogen) atoms. The summed E-state index contributed by atoms with van der Waals surface area (Å²) in [6, 6.07) is -0.190. The molecule has 1 atom stereocenters. The van der Waals surface area contributed by atoms with Crippen LogP contribution in [0.25, 0.3) is 0 Å². The molecule has 0 aliphatic carbocycles. The van der Waals surface area contributed by atoms with Crippen molar-refractivity contribution in [2.24, 2.45) is 0 Å². The van der Waals surface area contributed by atoms with Crippen LogP contribution in [-0.2, 0) is 10.0 Å². The zero-order valence-corrected chi connectivity index (χ0v) is 10.9. The van der Waals surface area contributed by atoms with Crippen LogP contribution in [0.1, 0.15) is 19.0 Å². The Labute approximate surface area is 99.4 Å². The molecule has 1 rings (SSSR count). The summed E-state index contributed by atoms with van der Waals surface area (Å²) in [5, 5.41) is 0.259. The highest BCUT2D eigenvalue weighted by Gasteiger charge is 2.22. The number of rotatable bonds is 5. The molecule has 1 aromatic heterocycles. The summed E-state index contributed by atoms with van der Waals surface area (Å²) in [6.45, 7) is 6.96. The van der Waals surface area contributed by atoms with Crippen LogP contribution in [0, 0.1) is 6.92 Å². The molecular weight excluding hydrogens is 246 g/mol. The highest BCUT2D eigenvalue weighted by molar-refractivity contribution is 7.91. The SMILES string of the molecule is C=CCC(C)NS(=O)(=O)c1sc(N)nc1C. The predicted octanol–water partition coefficient (Wildman–Crippen LogP) is 1.28. The number of aromatic nitrogens is 1. The minimum absolute atomic E-state index is 0.181. The molecule has 7 heteroatoms. The topological polar surface area (TPSA) is 85.1 Å². The summed E-state index contributed by atoms with van der Waals surface area (Å²) in [5.41, 5.74) is 5.90. The first kappa shape index (κ1) is 13.1. The number of thiazole rings is 1. The van der Waals surface area contributed by atoms with E-state index in [9.17, 15) is 8.42 Å². The normalized spacial score (nSPS) is 13.6. The molecule has 3 N–H and O–H groups in total. The van der Waals surface area contributed by atoms with Gasteiger partial charge in [-0.3, -0.25) is 0 Å². The maximum atomic E-state index is 11.9. The van der Waals surface area contributed by atoms with Crippen molar-refractivity contribution >= 4 is 26.5 Å². The molecule has 1 heterocycles. The molecule has 0 saturated heterocycles. The van der Waals surface area contributed by atoms with Crippen LogP contribution < -0.4 is 10.5 Å². The van der Waals surface area contributed by atoms with Crippen LogP contribution in [0.3, 0.4) is 0 Å². The van der Waals surface area contributed by atoms with Gasteiger partial charge in [-0.2, -0.15) is 0 Å². The first-order valence-corrected chi connectivity index (χ1v) is 7.03. The lowest BCUT2D eigenvalue weighted by atomic mass is 10.3. The second-order valence-corrected chi connectivity index (χ2v) is 6.41. The Bertz CT molecular complexity index is 479. The van der Waals surface area contributed by atoms with E-state index in [1.807, 2.05) is 0 Å². The third-order valence-electron chi connectivity index (χ3n) is 1.89. The van der Waals surface area contributed by atoms with E-state index in [2.05, 4.69) is 16.3 Å². The largest absolute Gasteiger partial charge is 0.375 e. The minimum atomic E-state index is -3.51.